The summed E-state index contributed by atoms with van der Waals surface area (Å²) in [6.45, 7) is 7.32. The van der Waals surface area contributed by atoms with Crippen LogP contribution in [0.3, 0.4) is 0 Å². The number of aromatic nitrogens is 2. The minimum Gasteiger partial charge on any atom is -0.455 e. The van der Waals surface area contributed by atoms with Crippen molar-refractivity contribution >= 4 is 45.4 Å². The number of carbonyl (C=O) groups is 1. The van der Waals surface area contributed by atoms with Crippen LogP contribution in [0.2, 0.25) is 0 Å². The molecule has 2 heterocycles. The van der Waals surface area contributed by atoms with Gasteiger partial charge in [-0.3, -0.25) is 19.0 Å². The molecule has 1 unspecified atom stereocenters. The van der Waals surface area contributed by atoms with E-state index < -0.39 is 0 Å². The van der Waals surface area contributed by atoms with Crippen molar-refractivity contribution in [1.82, 2.24) is 14.5 Å². The van der Waals surface area contributed by atoms with E-state index in [-0.39, 0.29) is 17.4 Å². The highest BCUT2D eigenvalue weighted by molar-refractivity contribution is 7.98. The zero-order chi connectivity index (χ0) is 26.3. The van der Waals surface area contributed by atoms with Crippen LogP contribution >= 0.6 is 11.9 Å². The molecule has 0 aliphatic carbocycles. The summed E-state index contributed by atoms with van der Waals surface area (Å²) in [7, 11) is 1.89. The van der Waals surface area contributed by atoms with Gasteiger partial charge in [0.25, 0.3) is 0 Å². The number of anilines is 1. The van der Waals surface area contributed by atoms with Gasteiger partial charge < -0.3 is 9.73 Å². The minimum atomic E-state index is -0.180. The maximum atomic E-state index is 13.5. The molecule has 2 N–H and O–H groups in total. The van der Waals surface area contributed by atoms with Crippen molar-refractivity contribution in [2.24, 2.45) is 7.05 Å². The molecule has 5 aromatic rings. The zero-order valence-electron chi connectivity index (χ0n) is 21.4. The average Bonchev–Trinajstić information content (AvgIpc) is 3.24. The van der Waals surface area contributed by atoms with E-state index in [0.29, 0.717) is 22.3 Å². The van der Waals surface area contributed by atoms with Gasteiger partial charge in [-0.15, -0.1) is 0 Å². The van der Waals surface area contributed by atoms with Gasteiger partial charge in [-0.05, 0) is 74.7 Å². The zero-order valence-corrected chi connectivity index (χ0v) is 22.2. The minimum absolute atomic E-state index is 0.0405. The van der Waals surface area contributed by atoms with Gasteiger partial charge in [0, 0.05) is 42.2 Å². The van der Waals surface area contributed by atoms with Crippen LogP contribution in [0.1, 0.15) is 36.6 Å². The smallest absolute Gasteiger partial charge is 0.226 e. The number of rotatable bonds is 6. The SMILES string of the molecule is CC(=O)NSc1ccccc1NC(C)c1cc(C)cc2c(=O)c(C)c(-c3ccc4nn(C)cc4c3)oc12. The van der Waals surface area contributed by atoms with Crippen molar-refractivity contribution in [2.45, 2.75) is 38.6 Å². The Morgan fingerprint density at radius 1 is 1.11 bits per heavy atom. The number of nitrogens with zero attached hydrogens (tertiary/aromatic N) is 2. The normalized spacial score (nSPS) is 12.1. The number of fused-ring (bicyclic) bond motifs is 2. The summed E-state index contributed by atoms with van der Waals surface area (Å²) in [5.74, 6) is 0.439. The first-order chi connectivity index (χ1) is 17.7. The summed E-state index contributed by atoms with van der Waals surface area (Å²) in [5.41, 5.74) is 5.56. The van der Waals surface area contributed by atoms with E-state index in [1.807, 2.05) is 82.5 Å². The third kappa shape index (κ3) is 4.84. The van der Waals surface area contributed by atoms with Crippen LogP contribution in [0.25, 0.3) is 33.2 Å². The Hall–Kier alpha value is -4.04. The molecule has 0 saturated heterocycles. The van der Waals surface area contributed by atoms with E-state index in [1.165, 1.54) is 18.9 Å². The Labute approximate surface area is 219 Å². The van der Waals surface area contributed by atoms with Crippen LogP contribution < -0.4 is 15.5 Å². The number of hydrogen-bond donors (Lipinski definition) is 2. The molecule has 3 aromatic carbocycles. The molecular weight excluding hydrogens is 484 g/mol. The average molecular weight is 513 g/mol. The molecule has 1 amide bonds. The van der Waals surface area contributed by atoms with E-state index in [0.717, 1.165) is 38.2 Å². The van der Waals surface area contributed by atoms with Gasteiger partial charge in [0.1, 0.15) is 11.3 Å². The Kier molecular flexibility index (Phi) is 6.52. The predicted octanol–water partition coefficient (Wildman–Crippen LogP) is 6.28. The Morgan fingerprint density at radius 2 is 1.89 bits per heavy atom. The highest BCUT2D eigenvalue weighted by Crippen LogP contribution is 2.34. The number of carbonyl (C=O) groups excluding carboxylic acids is 1. The molecule has 188 valence electrons. The topological polar surface area (TPSA) is 89.2 Å². The monoisotopic (exact) mass is 512 g/mol. The first-order valence-corrected chi connectivity index (χ1v) is 12.8. The third-order valence-corrected chi connectivity index (χ3v) is 7.27. The Balaban J connectivity index is 1.61. The Bertz CT molecular complexity index is 1720. The molecule has 0 radical (unpaired) electrons. The molecule has 0 saturated carbocycles. The molecule has 0 spiro atoms. The molecule has 5 rings (SSSR count). The maximum absolute atomic E-state index is 13.5. The van der Waals surface area contributed by atoms with Crippen LogP contribution in [-0.2, 0) is 11.8 Å². The molecule has 1 atom stereocenters. The summed E-state index contributed by atoms with van der Waals surface area (Å²) in [4.78, 5) is 25.9. The highest BCUT2D eigenvalue weighted by atomic mass is 32.2. The van der Waals surface area contributed by atoms with Crippen LogP contribution in [0, 0.1) is 13.8 Å². The fraction of sp³-hybridized carbons (Fsp3) is 0.207. The van der Waals surface area contributed by atoms with Gasteiger partial charge in [-0.2, -0.15) is 5.10 Å². The van der Waals surface area contributed by atoms with Gasteiger partial charge in [0.15, 0.2) is 5.43 Å². The fourth-order valence-electron chi connectivity index (χ4n) is 4.57. The second-order valence-electron chi connectivity index (χ2n) is 9.32. The molecule has 7 nitrogen and oxygen atoms in total. The van der Waals surface area contributed by atoms with Gasteiger partial charge >= 0.3 is 0 Å². The van der Waals surface area contributed by atoms with Crippen molar-refractivity contribution in [3.05, 3.63) is 87.7 Å². The lowest BCUT2D eigenvalue weighted by molar-refractivity contribution is -0.117. The van der Waals surface area contributed by atoms with Gasteiger partial charge in [0.05, 0.1) is 27.5 Å². The van der Waals surface area contributed by atoms with Gasteiger partial charge in [0.2, 0.25) is 5.91 Å². The van der Waals surface area contributed by atoms with Crippen LogP contribution in [0.4, 0.5) is 5.69 Å². The number of hydrogen-bond acceptors (Lipinski definition) is 6. The van der Waals surface area contributed by atoms with Crippen LogP contribution in [0.5, 0.6) is 0 Å². The van der Waals surface area contributed by atoms with Crippen LogP contribution in [0.15, 0.2) is 74.9 Å². The molecule has 0 aliphatic heterocycles. The number of benzene rings is 3. The largest absolute Gasteiger partial charge is 0.455 e. The standard InChI is InChI=1S/C29H28N4O3S/c1-16-12-22(18(3)30-25-8-6-7-9-26(25)37-32-19(4)34)29-23(13-16)27(35)17(2)28(36-29)20-10-11-24-21(14-20)15-33(5)31-24/h6-15,18,30H,1-5H3,(H,32,34). The van der Waals surface area contributed by atoms with Crippen LogP contribution in [-0.4, -0.2) is 15.7 Å². The first kappa shape index (κ1) is 24.6. The van der Waals surface area contributed by atoms with Crippen molar-refractivity contribution in [3.8, 4) is 11.3 Å². The molecule has 2 aromatic heterocycles. The number of aryl methyl sites for hydroxylation is 2. The molecule has 37 heavy (non-hydrogen) atoms. The van der Waals surface area contributed by atoms with E-state index in [4.69, 9.17) is 4.42 Å². The van der Waals surface area contributed by atoms with E-state index >= 15 is 0 Å². The number of para-hydroxylation sites is 1. The summed E-state index contributed by atoms with van der Waals surface area (Å²) >= 11 is 1.26. The number of nitrogens with one attached hydrogen (secondary N) is 2. The lowest BCUT2D eigenvalue weighted by Gasteiger charge is -2.20. The van der Waals surface area contributed by atoms with E-state index in [9.17, 15) is 9.59 Å². The maximum Gasteiger partial charge on any atom is 0.226 e. The van der Waals surface area contributed by atoms with E-state index in [2.05, 4.69) is 21.2 Å². The lowest BCUT2D eigenvalue weighted by Crippen LogP contribution is -2.14. The fourth-order valence-corrected chi connectivity index (χ4v) is 5.20. The van der Waals surface area contributed by atoms with Gasteiger partial charge in [-0.25, -0.2) is 0 Å². The molecule has 0 aliphatic rings. The summed E-state index contributed by atoms with van der Waals surface area (Å²) in [6.07, 6.45) is 1.95. The predicted molar refractivity (Wildman–Crippen MR) is 150 cm³/mol. The van der Waals surface area contributed by atoms with Crippen molar-refractivity contribution in [1.29, 1.82) is 0 Å². The second kappa shape index (κ2) is 9.78. The lowest BCUT2D eigenvalue weighted by atomic mass is 9.98. The quantitative estimate of drug-likeness (QED) is 0.260. The first-order valence-electron chi connectivity index (χ1n) is 12.0. The molecule has 0 bridgehead atoms. The van der Waals surface area contributed by atoms with Crippen molar-refractivity contribution in [3.63, 3.8) is 0 Å². The third-order valence-electron chi connectivity index (χ3n) is 6.30. The summed E-state index contributed by atoms with van der Waals surface area (Å²) in [6, 6.07) is 17.4. The highest BCUT2D eigenvalue weighted by Gasteiger charge is 2.20. The number of amides is 1. The second-order valence-corrected chi connectivity index (χ2v) is 10.2. The van der Waals surface area contributed by atoms with Gasteiger partial charge in [-0.1, -0.05) is 18.2 Å². The summed E-state index contributed by atoms with van der Waals surface area (Å²) < 4.78 is 11.1. The molecule has 8 heteroatoms. The van der Waals surface area contributed by atoms with E-state index in [1.54, 1.807) is 4.68 Å². The molecular formula is C29H28N4O3S. The summed E-state index contributed by atoms with van der Waals surface area (Å²) in [5, 5.41) is 9.54. The molecule has 0 fully saturated rings. The van der Waals surface area contributed by atoms with Crippen molar-refractivity contribution in [2.75, 3.05) is 5.32 Å². The Morgan fingerprint density at radius 3 is 2.68 bits per heavy atom. The van der Waals surface area contributed by atoms with Crippen molar-refractivity contribution < 1.29 is 9.21 Å².